The Kier molecular flexibility index (Phi) is 4.55. The molecule has 2 fully saturated rings. The maximum Gasteiger partial charge on any atom is 0.222 e. The molecule has 0 aliphatic carbocycles. The molecule has 0 bridgehead atoms. The standard InChI is InChI=1S/C15H25N5O/c1-16-7-9-20-13-4-8-19(11-14-17-5-6-18-14)10-12(13)2-3-15(20)21/h5-6,12-13,16H,2-4,7-11H2,1H3,(H,17,18)/t12-,13+/m0/s1. The minimum absolute atomic E-state index is 0.339. The molecule has 1 amide bonds. The molecular formula is C15H25N5O. The molecule has 0 unspecified atom stereocenters. The van der Waals surface area contributed by atoms with Crippen LogP contribution in [0.3, 0.4) is 0 Å². The predicted octanol–water partition coefficient (Wildman–Crippen LogP) is 0.442. The number of aromatic nitrogens is 2. The van der Waals surface area contributed by atoms with Gasteiger partial charge in [-0.1, -0.05) is 0 Å². The van der Waals surface area contributed by atoms with Crippen molar-refractivity contribution < 1.29 is 4.79 Å². The molecule has 21 heavy (non-hydrogen) atoms. The third-order valence-corrected chi connectivity index (χ3v) is 4.76. The lowest BCUT2D eigenvalue weighted by atomic mass is 9.83. The quantitative estimate of drug-likeness (QED) is 0.826. The first-order valence-corrected chi connectivity index (χ1v) is 7.92. The van der Waals surface area contributed by atoms with Crippen molar-refractivity contribution in [3.05, 3.63) is 18.2 Å². The second-order valence-corrected chi connectivity index (χ2v) is 6.12. The van der Waals surface area contributed by atoms with Crippen LogP contribution in [0.5, 0.6) is 0 Å². The summed E-state index contributed by atoms with van der Waals surface area (Å²) in [5.41, 5.74) is 0. The average Bonchev–Trinajstić information content (AvgIpc) is 2.99. The number of amides is 1. The molecule has 3 heterocycles. The van der Waals surface area contributed by atoms with Crippen LogP contribution in [0.25, 0.3) is 0 Å². The molecule has 6 heteroatoms. The van der Waals surface area contributed by atoms with Gasteiger partial charge in [0.2, 0.25) is 5.91 Å². The van der Waals surface area contributed by atoms with E-state index in [9.17, 15) is 4.79 Å². The van der Waals surface area contributed by atoms with E-state index in [0.717, 1.165) is 51.4 Å². The first-order chi connectivity index (χ1) is 10.3. The average molecular weight is 291 g/mol. The maximum absolute atomic E-state index is 12.2. The smallest absolute Gasteiger partial charge is 0.222 e. The number of fused-ring (bicyclic) bond motifs is 1. The number of rotatable bonds is 5. The van der Waals surface area contributed by atoms with Gasteiger partial charge in [-0.2, -0.15) is 0 Å². The zero-order valence-corrected chi connectivity index (χ0v) is 12.7. The molecule has 2 saturated heterocycles. The molecule has 2 aliphatic rings. The van der Waals surface area contributed by atoms with Gasteiger partial charge in [-0.15, -0.1) is 0 Å². The number of nitrogens with zero attached hydrogens (tertiary/aromatic N) is 3. The second kappa shape index (κ2) is 6.58. The highest BCUT2D eigenvalue weighted by molar-refractivity contribution is 5.77. The fraction of sp³-hybridized carbons (Fsp3) is 0.733. The van der Waals surface area contributed by atoms with E-state index < -0.39 is 0 Å². The SMILES string of the molecule is CNCCN1C(=O)CC[C@H]2CN(Cc3ncc[nH]3)CC[C@H]21. The Hall–Kier alpha value is -1.40. The van der Waals surface area contributed by atoms with E-state index in [1.807, 2.05) is 13.2 Å². The predicted molar refractivity (Wildman–Crippen MR) is 80.6 cm³/mol. The summed E-state index contributed by atoms with van der Waals surface area (Å²) in [5, 5.41) is 3.15. The maximum atomic E-state index is 12.2. The first kappa shape index (κ1) is 14.5. The molecule has 1 aromatic rings. The van der Waals surface area contributed by atoms with Crippen LogP contribution in [0, 0.1) is 5.92 Å². The Labute approximate surface area is 125 Å². The Balaban J connectivity index is 1.60. The number of imidazole rings is 1. The monoisotopic (exact) mass is 291 g/mol. The van der Waals surface area contributed by atoms with Gasteiger partial charge in [0.05, 0.1) is 6.54 Å². The number of hydrogen-bond acceptors (Lipinski definition) is 4. The number of aromatic amines is 1. The molecule has 0 radical (unpaired) electrons. The summed E-state index contributed by atoms with van der Waals surface area (Å²) in [7, 11) is 1.94. The summed E-state index contributed by atoms with van der Waals surface area (Å²) in [4.78, 5) is 24.2. The highest BCUT2D eigenvalue weighted by Crippen LogP contribution is 2.31. The minimum atomic E-state index is 0.339. The van der Waals surface area contributed by atoms with Gasteiger partial charge in [-0.3, -0.25) is 9.69 Å². The largest absolute Gasteiger partial charge is 0.348 e. The van der Waals surface area contributed by atoms with Crippen LogP contribution in [0.1, 0.15) is 25.1 Å². The van der Waals surface area contributed by atoms with Crippen molar-refractivity contribution in [2.24, 2.45) is 5.92 Å². The zero-order valence-electron chi connectivity index (χ0n) is 12.7. The molecule has 1 aromatic heterocycles. The lowest BCUT2D eigenvalue weighted by molar-refractivity contribution is -0.141. The van der Waals surface area contributed by atoms with E-state index in [0.29, 0.717) is 24.3 Å². The molecule has 0 saturated carbocycles. The molecule has 0 spiro atoms. The van der Waals surface area contributed by atoms with Gasteiger partial charge in [0.15, 0.2) is 0 Å². The van der Waals surface area contributed by atoms with Crippen LogP contribution in [0.15, 0.2) is 12.4 Å². The molecule has 3 rings (SSSR count). The highest BCUT2D eigenvalue weighted by Gasteiger charge is 2.38. The van der Waals surface area contributed by atoms with Gasteiger partial charge in [0.25, 0.3) is 0 Å². The van der Waals surface area contributed by atoms with Gasteiger partial charge in [-0.25, -0.2) is 4.98 Å². The van der Waals surface area contributed by atoms with Crippen LogP contribution in [0.2, 0.25) is 0 Å². The summed E-state index contributed by atoms with van der Waals surface area (Å²) in [6, 6.07) is 0.437. The fourth-order valence-electron chi connectivity index (χ4n) is 3.69. The molecule has 6 nitrogen and oxygen atoms in total. The van der Waals surface area contributed by atoms with Gasteiger partial charge in [0.1, 0.15) is 5.82 Å². The number of piperidine rings is 2. The fourth-order valence-corrected chi connectivity index (χ4v) is 3.69. The number of carbonyl (C=O) groups is 1. The normalized spacial score (nSPS) is 26.9. The van der Waals surface area contributed by atoms with E-state index in [2.05, 4.69) is 25.1 Å². The summed E-state index contributed by atoms with van der Waals surface area (Å²) >= 11 is 0. The van der Waals surface area contributed by atoms with E-state index in [1.165, 1.54) is 0 Å². The Morgan fingerprint density at radius 2 is 2.38 bits per heavy atom. The lowest BCUT2D eigenvalue weighted by Crippen LogP contribution is -2.56. The van der Waals surface area contributed by atoms with Crippen LogP contribution in [-0.4, -0.2) is 64.9 Å². The lowest BCUT2D eigenvalue weighted by Gasteiger charge is -2.47. The van der Waals surface area contributed by atoms with E-state index in [4.69, 9.17) is 0 Å². The van der Waals surface area contributed by atoms with Crippen LogP contribution < -0.4 is 5.32 Å². The number of carbonyl (C=O) groups excluding carboxylic acids is 1. The van der Waals surface area contributed by atoms with Gasteiger partial charge >= 0.3 is 0 Å². The number of likely N-dealkylation sites (N-methyl/N-ethyl adjacent to an activating group) is 1. The second-order valence-electron chi connectivity index (χ2n) is 6.12. The topological polar surface area (TPSA) is 64.3 Å². The van der Waals surface area contributed by atoms with Crippen LogP contribution >= 0.6 is 0 Å². The Bertz CT molecular complexity index is 461. The zero-order chi connectivity index (χ0) is 14.7. The summed E-state index contributed by atoms with van der Waals surface area (Å²) in [6.45, 7) is 4.74. The Morgan fingerprint density at radius 3 is 3.14 bits per heavy atom. The van der Waals surface area contributed by atoms with E-state index in [1.54, 1.807) is 6.20 Å². The first-order valence-electron chi connectivity index (χ1n) is 7.92. The summed E-state index contributed by atoms with van der Waals surface area (Å²) < 4.78 is 0. The van der Waals surface area contributed by atoms with Crippen LogP contribution in [0.4, 0.5) is 0 Å². The van der Waals surface area contributed by atoms with Crippen molar-refractivity contribution in [1.29, 1.82) is 0 Å². The molecule has 2 atom stereocenters. The molecule has 2 N–H and O–H groups in total. The third kappa shape index (κ3) is 3.27. The van der Waals surface area contributed by atoms with Gasteiger partial charge in [0, 0.05) is 51.0 Å². The van der Waals surface area contributed by atoms with E-state index >= 15 is 0 Å². The number of hydrogen-bond donors (Lipinski definition) is 2. The third-order valence-electron chi connectivity index (χ3n) is 4.76. The van der Waals surface area contributed by atoms with Crippen molar-refractivity contribution in [3.63, 3.8) is 0 Å². The minimum Gasteiger partial charge on any atom is -0.348 e. The highest BCUT2D eigenvalue weighted by atomic mass is 16.2. The molecule has 2 aliphatic heterocycles. The summed E-state index contributed by atoms with van der Waals surface area (Å²) in [6.07, 6.45) is 6.51. The molecular weight excluding hydrogens is 266 g/mol. The van der Waals surface area contributed by atoms with Crippen LogP contribution in [-0.2, 0) is 11.3 Å². The summed E-state index contributed by atoms with van der Waals surface area (Å²) in [5.74, 6) is 1.99. The van der Waals surface area contributed by atoms with Gasteiger partial charge < -0.3 is 15.2 Å². The number of nitrogens with one attached hydrogen (secondary N) is 2. The molecule has 116 valence electrons. The van der Waals surface area contributed by atoms with E-state index in [-0.39, 0.29) is 0 Å². The Morgan fingerprint density at radius 1 is 1.48 bits per heavy atom. The van der Waals surface area contributed by atoms with Crippen molar-refractivity contribution in [2.75, 3.05) is 33.2 Å². The molecule has 0 aromatic carbocycles. The van der Waals surface area contributed by atoms with Crippen molar-refractivity contribution in [3.8, 4) is 0 Å². The van der Waals surface area contributed by atoms with Gasteiger partial charge in [-0.05, 0) is 25.8 Å². The number of H-pyrrole nitrogens is 1. The van der Waals surface area contributed by atoms with Crippen molar-refractivity contribution in [1.82, 2.24) is 25.1 Å². The number of likely N-dealkylation sites (tertiary alicyclic amines) is 2. The van der Waals surface area contributed by atoms with Crippen molar-refractivity contribution >= 4 is 5.91 Å². The van der Waals surface area contributed by atoms with Crippen molar-refractivity contribution in [2.45, 2.75) is 31.8 Å².